The molecule has 0 aromatic heterocycles. The zero-order chi connectivity index (χ0) is 12.1. The Morgan fingerprint density at radius 1 is 1.35 bits per heavy atom. The number of hydrogen-bond donors (Lipinski definition) is 1. The largest absolute Gasteiger partial charge is 0.490 e. The zero-order valence-corrected chi connectivity index (χ0v) is 10.3. The maximum Gasteiger partial charge on any atom is 0.125 e. The van der Waals surface area contributed by atoms with Gasteiger partial charge in [0.1, 0.15) is 11.9 Å². The van der Waals surface area contributed by atoms with Gasteiger partial charge in [0.05, 0.1) is 19.3 Å². The van der Waals surface area contributed by atoms with Gasteiger partial charge in [0.25, 0.3) is 0 Å². The molecule has 0 spiro atoms. The lowest BCUT2D eigenvalue weighted by molar-refractivity contribution is 0.0240. The second kappa shape index (κ2) is 6.03. The summed E-state index contributed by atoms with van der Waals surface area (Å²) >= 11 is 0. The molecule has 1 aromatic carbocycles. The standard InChI is InChI=1S/C14H20O3/c1-2-13(15)12-5-3-4-6-14(12)17-11-7-9-16-10-8-11/h3-6,11,13,15H,2,7-10H2,1H3/t13-/m0/s1. The Labute approximate surface area is 102 Å². The quantitative estimate of drug-likeness (QED) is 0.873. The summed E-state index contributed by atoms with van der Waals surface area (Å²) in [6, 6.07) is 7.75. The summed E-state index contributed by atoms with van der Waals surface area (Å²) < 4.78 is 11.3. The molecule has 1 N–H and O–H groups in total. The van der Waals surface area contributed by atoms with E-state index in [1.807, 2.05) is 31.2 Å². The van der Waals surface area contributed by atoms with Crippen molar-refractivity contribution in [2.75, 3.05) is 13.2 Å². The molecule has 1 atom stereocenters. The van der Waals surface area contributed by atoms with Crippen LogP contribution in [0.4, 0.5) is 0 Å². The van der Waals surface area contributed by atoms with Crippen molar-refractivity contribution < 1.29 is 14.6 Å². The SMILES string of the molecule is CC[C@H](O)c1ccccc1OC1CCOCC1. The van der Waals surface area contributed by atoms with Gasteiger partial charge >= 0.3 is 0 Å². The minimum absolute atomic E-state index is 0.217. The first kappa shape index (κ1) is 12.4. The lowest BCUT2D eigenvalue weighted by atomic mass is 10.1. The third-order valence-electron chi connectivity index (χ3n) is 3.13. The number of benzene rings is 1. The van der Waals surface area contributed by atoms with E-state index in [0.29, 0.717) is 6.42 Å². The highest BCUT2D eigenvalue weighted by Crippen LogP contribution is 2.29. The second-order valence-electron chi connectivity index (χ2n) is 4.39. The summed E-state index contributed by atoms with van der Waals surface area (Å²) in [7, 11) is 0. The van der Waals surface area contributed by atoms with E-state index in [9.17, 15) is 5.11 Å². The van der Waals surface area contributed by atoms with E-state index in [2.05, 4.69) is 0 Å². The lowest BCUT2D eigenvalue weighted by Gasteiger charge is -2.25. The van der Waals surface area contributed by atoms with Gasteiger partial charge in [-0.2, -0.15) is 0 Å². The number of aliphatic hydroxyl groups excluding tert-OH is 1. The van der Waals surface area contributed by atoms with E-state index in [0.717, 1.165) is 37.4 Å². The molecule has 0 bridgehead atoms. The van der Waals surface area contributed by atoms with Gasteiger partial charge in [-0.25, -0.2) is 0 Å². The monoisotopic (exact) mass is 236 g/mol. The van der Waals surface area contributed by atoms with Crippen LogP contribution in [0, 0.1) is 0 Å². The van der Waals surface area contributed by atoms with Crippen molar-refractivity contribution in [3.63, 3.8) is 0 Å². The van der Waals surface area contributed by atoms with E-state index in [1.54, 1.807) is 0 Å². The molecule has 3 heteroatoms. The molecule has 0 unspecified atom stereocenters. The minimum Gasteiger partial charge on any atom is -0.490 e. The lowest BCUT2D eigenvalue weighted by Crippen LogP contribution is -2.26. The van der Waals surface area contributed by atoms with Crippen LogP contribution >= 0.6 is 0 Å². The van der Waals surface area contributed by atoms with E-state index in [-0.39, 0.29) is 6.10 Å². The van der Waals surface area contributed by atoms with E-state index >= 15 is 0 Å². The predicted molar refractivity (Wildman–Crippen MR) is 66.2 cm³/mol. The molecular weight excluding hydrogens is 216 g/mol. The summed E-state index contributed by atoms with van der Waals surface area (Å²) in [5, 5.41) is 9.93. The van der Waals surface area contributed by atoms with Crippen LogP contribution in [0.5, 0.6) is 5.75 Å². The Balaban J connectivity index is 2.08. The molecule has 1 heterocycles. The Morgan fingerprint density at radius 2 is 2.06 bits per heavy atom. The van der Waals surface area contributed by atoms with Crippen molar-refractivity contribution >= 4 is 0 Å². The molecule has 1 saturated heterocycles. The van der Waals surface area contributed by atoms with E-state index in [1.165, 1.54) is 0 Å². The summed E-state index contributed by atoms with van der Waals surface area (Å²) in [4.78, 5) is 0. The van der Waals surface area contributed by atoms with Crippen molar-refractivity contribution in [2.24, 2.45) is 0 Å². The van der Waals surface area contributed by atoms with Crippen LogP contribution in [0.25, 0.3) is 0 Å². The molecular formula is C14H20O3. The number of aliphatic hydroxyl groups is 1. The maximum atomic E-state index is 9.93. The van der Waals surface area contributed by atoms with Crippen molar-refractivity contribution in [3.05, 3.63) is 29.8 Å². The average molecular weight is 236 g/mol. The number of ether oxygens (including phenoxy) is 2. The summed E-state index contributed by atoms with van der Waals surface area (Å²) in [6.45, 7) is 3.50. The Hall–Kier alpha value is -1.06. The van der Waals surface area contributed by atoms with Gasteiger partial charge in [0.15, 0.2) is 0 Å². The van der Waals surface area contributed by atoms with Crippen LogP contribution in [0.2, 0.25) is 0 Å². The van der Waals surface area contributed by atoms with Crippen LogP contribution in [0.3, 0.4) is 0 Å². The van der Waals surface area contributed by atoms with E-state index < -0.39 is 6.10 Å². The van der Waals surface area contributed by atoms with Crippen molar-refractivity contribution in [2.45, 2.75) is 38.4 Å². The molecule has 2 rings (SSSR count). The van der Waals surface area contributed by atoms with Crippen LogP contribution in [-0.2, 0) is 4.74 Å². The van der Waals surface area contributed by atoms with Gasteiger partial charge < -0.3 is 14.6 Å². The van der Waals surface area contributed by atoms with Crippen LogP contribution in [0.1, 0.15) is 37.9 Å². The summed E-state index contributed by atoms with van der Waals surface area (Å²) in [6.07, 6.45) is 2.33. The van der Waals surface area contributed by atoms with Crippen LogP contribution in [0.15, 0.2) is 24.3 Å². The summed E-state index contributed by atoms with van der Waals surface area (Å²) in [5.41, 5.74) is 0.890. The molecule has 94 valence electrons. The topological polar surface area (TPSA) is 38.7 Å². The van der Waals surface area contributed by atoms with Gasteiger partial charge in [-0.05, 0) is 12.5 Å². The third kappa shape index (κ3) is 3.20. The minimum atomic E-state index is -0.439. The molecule has 3 nitrogen and oxygen atoms in total. The van der Waals surface area contributed by atoms with Crippen molar-refractivity contribution in [3.8, 4) is 5.75 Å². The molecule has 17 heavy (non-hydrogen) atoms. The third-order valence-corrected chi connectivity index (χ3v) is 3.13. The molecule has 0 amide bonds. The fourth-order valence-corrected chi connectivity index (χ4v) is 2.06. The highest BCUT2D eigenvalue weighted by Gasteiger charge is 2.18. The molecule has 1 aliphatic heterocycles. The van der Waals surface area contributed by atoms with Crippen LogP contribution < -0.4 is 4.74 Å². The zero-order valence-electron chi connectivity index (χ0n) is 10.3. The number of hydrogen-bond acceptors (Lipinski definition) is 3. The first-order valence-electron chi connectivity index (χ1n) is 6.32. The van der Waals surface area contributed by atoms with Gasteiger partial charge in [0.2, 0.25) is 0 Å². The smallest absolute Gasteiger partial charge is 0.125 e. The maximum absolute atomic E-state index is 9.93. The first-order chi connectivity index (χ1) is 8.31. The predicted octanol–water partition coefficient (Wildman–Crippen LogP) is 2.69. The number of para-hydroxylation sites is 1. The normalized spacial score (nSPS) is 18.9. The molecule has 0 saturated carbocycles. The number of rotatable bonds is 4. The Bertz CT molecular complexity index is 345. The average Bonchev–Trinajstić information content (AvgIpc) is 2.40. The van der Waals surface area contributed by atoms with Gasteiger partial charge in [0, 0.05) is 18.4 Å². The fourth-order valence-electron chi connectivity index (χ4n) is 2.06. The van der Waals surface area contributed by atoms with Crippen molar-refractivity contribution in [1.82, 2.24) is 0 Å². The van der Waals surface area contributed by atoms with Crippen molar-refractivity contribution in [1.29, 1.82) is 0 Å². The molecule has 0 radical (unpaired) electrons. The highest BCUT2D eigenvalue weighted by atomic mass is 16.5. The van der Waals surface area contributed by atoms with Gasteiger partial charge in [-0.15, -0.1) is 0 Å². The molecule has 0 aliphatic carbocycles. The summed E-state index contributed by atoms with van der Waals surface area (Å²) in [5.74, 6) is 0.814. The fraction of sp³-hybridized carbons (Fsp3) is 0.571. The van der Waals surface area contributed by atoms with Gasteiger partial charge in [-0.3, -0.25) is 0 Å². The second-order valence-corrected chi connectivity index (χ2v) is 4.39. The Kier molecular flexibility index (Phi) is 4.40. The van der Waals surface area contributed by atoms with Gasteiger partial charge in [-0.1, -0.05) is 25.1 Å². The first-order valence-corrected chi connectivity index (χ1v) is 6.32. The Morgan fingerprint density at radius 3 is 2.76 bits per heavy atom. The molecule has 1 aromatic rings. The van der Waals surface area contributed by atoms with E-state index in [4.69, 9.17) is 9.47 Å². The molecule has 1 fully saturated rings. The molecule has 1 aliphatic rings. The van der Waals surface area contributed by atoms with Crippen LogP contribution in [-0.4, -0.2) is 24.4 Å². The highest BCUT2D eigenvalue weighted by molar-refractivity contribution is 5.35.